The van der Waals surface area contributed by atoms with E-state index in [0.717, 1.165) is 24.4 Å². The van der Waals surface area contributed by atoms with Crippen molar-refractivity contribution in [2.45, 2.75) is 32.4 Å². The van der Waals surface area contributed by atoms with Crippen molar-refractivity contribution in [3.05, 3.63) is 39.7 Å². The number of nitrogens with one attached hydrogen (secondary N) is 1. The maximum absolute atomic E-state index is 12.7. The van der Waals surface area contributed by atoms with E-state index in [2.05, 4.69) is 5.32 Å². The first-order valence-corrected chi connectivity index (χ1v) is 9.72. The molecule has 4 rings (SSSR count). The fourth-order valence-corrected chi connectivity index (χ4v) is 3.77. The Morgan fingerprint density at radius 1 is 1.33 bits per heavy atom. The molecule has 2 aromatic rings. The molecule has 0 spiro atoms. The zero-order chi connectivity index (χ0) is 21.8. The number of carboxylic acid groups (broad SMARTS) is 1. The van der Waals surface area contributed by atoms with Crippen molar-refractivity contribution in [1.82, 2.24) is 10.2 Å². The van der Waals surface area contributed by atoms with Crippen molar-refractivity contribution < 1.29 is 28.6 Å². The van der Waals surface area contributed by atoms with E-state index in [0.29, 0.717) is 36.6 Å². The zero-order valence-corrected chi connectivity index (χ0v) is 17.3. The Labute approximate surface area is 173 Å². The van der Waals surface area contributed by atoms with Crippen LogP contribution in [-0.4, -0.2) is 67.4 Å². The Kier molecular flexibility index (Phi) is 6.73. The van der Waals surface area contributed by atoms with Gasteiger partial charge in [-0.25, -0.2) is 4.79 Å². The molecule has 0 saturated carbocycles. The molecule has 1 amide bonds. The van der Waals surface area contributed by atoms with Gasteiger partial charge in [0.25, 0.3) is 5.97 Å². The smallest absolute Gasteiger partial charge is 0.340 e. The first kappa shape index (κ1) is 21.8. The van der Waals surface area contributed by atoms with Gasteiger partial charge in [0.2, 0.25) is 5.91 Å². The van der Waals surface area contributed by atoms with Crippen LogP contribution in [0, 0.1) is 6.92 Å². The molecule has 2 N–H and O–H groups in total. The van der Waals surface area contributed by atoms with Gasteiger partial charge in [0.15, 0.2) is 0 Å². The van der Waals surface area contributed by atoms with Gasteiger partial charge in [-0.2, -0.15) is 0 Å². The number of likely N-dealkylation sites (tertiary alicyclic amines) is 1. The lowest BCUT2D eigenvalue weighted by Crippen LogP contribution is -2.47. The molecule has 2 saturated heterocycles. The number of hydrogen-bond acceptors (Lipinski definition) is 7. The van der Waals surface area contributed by atoms with E-state index in [-0.39, 0.29) is 24.5 Å². The Morgan fingerprint density at radius 3 is 2.73 bits per heavy atom. The number of nitrogens with zero attached hydrogens (tertiary/aromatic N) is 1. The SMILES string of the molecule is CC(=O)O.COc1ccc2c(C)c(CC(=O)N3C[C@@H]4NCCO[C@H]4C3)c(=O)oc2c1. The summed E-state index contributed by atoms with van der Waals surface area (Å²) in [6, 6.07) is 5.52. The summed E-state index contributed by atoms with van der Waals surface area (Å²) in [7, 11) is 1.56. The van der Waals surface area contributed by atoms with E-state index < -0.39 is 11.6 Å². The number of aliphatic carboxylic acids is 1. The average Bonchev–Trinajstić information content (AvgIpc) is 3.14. The van der Waals surface area contributed by atoms with Gasteiger partial charge in [-0.05, 0) is 24.6 Å². The molecule has 2 fully saturated rings. The third kappa shape index (κ3) is 4.80. The summed E-state index contributed by atoms with van der Waals surface area (Å²) < 4.78 is 16.3. The number of amides is 1. The lowest BCUT2D eigenvalue weighted by Gasteiger charge is -2.25. The van der Waals surface area contributed by atoms with Crippen LogP contribution in [0.15, 0.2) is 27.4 Å². The van der Waals surface area contributed by atoms with Gasteiger partial charge in [0.05, 0.1) is 37.8 Å². The minimum atomic E-state index is -0.833. The number of carboxylic acids is 1. The third-order valence-corrected chi connectivity index (χ3v) is 5.28. The van der Waals surface area contributed by atoms with Crippen LogP contribution in [0.5, 0.6) is 5.75 Å². The van der Waals surface area contributed by atoms with Crippen molar-refractivity contribution in [3.63, 3.8) is 0 Å². The highest BCUT2D eigenvalue weighted by atomic mass is 16.5. The minimum Gasteiger partial charge on any atom is -0.497 e. The van der Waals surface area contributed by atoms with Gasteiger partial charge in [-0.15, -0.1) is 0 Å². The molecule has 2 aliphatic heterocycles. The summed E-state index contributed by atoms with van der Waals surface area (Å²) in [5.41, 5.74) is 1.19. The predicted octanol–water partition coefficient (Wildman–Crippen LogP) is 0.943. The number of aryl methyl sites for hydroxylation is 1. The lowest BCUT2D eigenvalue weighted by molar-refractivity contribution is -0.134. The summed E-state index contributed by atoms with van der Waals surface area (Å²) >= 11 is 0. The van der Waals surface area contributed by atoms with E-state index in [1.807, 2.05) is 19.1 Å². The number of carbonyl (C=O) groups excluding carboxylic acids is 1. The molecule has 0 aliphatic carbocycles. The van der Waals surface area contributed by atoms with E-state index >= 15 is 0 Å². The topological polar surface area (TPSA) is 118 Å². The molecule has 3 heterocycles. The fourth-order valence-electron chi connectivity index (χ4n) is 3.77. The fraction of sp³-hybridized carbons (Fsp3) is 0.476. The highest BCUT2D eigenvalue weighted by molar-refractivity contribution is 5.85. The van der Waals surface area contributed by atoms with Crippen LogP contribution in [0.4, 0.5) is 0 Å². The van der Waals surface area contributed by atoms with Crippen molar-refractivity contribution in [2.24, 2.45) is 0 Å². The molecule has 162 valence electrons. The normalized spacial score (nSPS) is 20.3. The number of fused-ring (bicyclic) bond motifs is 2. The van der Waals surface area contributed by atoms with Crippen molar-refractivity contribution >= 4 is 22.8 Å². The molecular formula is C21H26N2O7. The van der Waals surface area contributed by atoms with Gasteiger partial charge >= 0.3 is 5.63 Å². The zero-order valence-electron chi connectivity index (χ0n) is 17.3. The quantitative estimate of drug-likeness (QED) is 0.707. The highest BCUT2D eigenvalue weighted by Gasteiger charge is 2.37. The maximum Gasteiger partial charge on any atom is 0.340 e. The number of hydrogen-bond donors (Lipinski definition) is 2. The Bertz CT molecular complexity index is 983. The van der Waals surface area contributed by atoms with Crippen LogP contribution >= 0.6 is 0 Å². The molecule has 1 aromatic carbocycles. The summed E-state index contributed by atoms with van der Waals surface area (Å²) in [6.07, 6.45) is 0.0736. The molecular weight excluding hydrogens is 392 g/mol. The number of morpholine rings is 1. The van der Waals surface area contributed by atoms with Crippen LogP contribution < -0.4 is 15.7 Å². The number of benzene rings is 1. The van der Waals surface area contributed by atoms with Crippen molar-refractivity contribution in [3.8, 4) is 5.75 Å². The number of rotatable bonds is 3. The van der Waals surface area contributed by atoms with Crippen molar-refractivity contribution in [1.29, 1.82) is 0 Å². The molecule has 2 atom stereocenters. The standard InChI is InChI=1S/C19H22N2O5.C2H4O2/c1-11-13-4-3-12(24-2)7-16(13)26-19(23)14(11)8-18(22)21-9-15-17(10-21)25-6-5-20-15;1-2(3)4/h3-4,7,15,17,20H,5-6,8-10H2,1-2H3;1H3,(H,3,4)/t15-,17-;/m0./s1. The molecule has 0 radical (unpaired) electrons. The van der Waals surface area contributed by atoms with Gasteiger partial charge in [-0.3, -0.25) is 9.59 Å². The lowest BCUT2D eigenvalue weighted by atomic mass is 10.0. The summed E-state index contributed by atoms with van der Waals surface area (Å²) in [5.74, 6) is -0.288. The summed E-state index contributed by atoms with van der Waals surface area (Å²) in [5, 5.41) is 11.6. The molecule has 0 unspecified atom stereocenters. The first-order chi connectivity index (χ1) is 14.3. The molecule has 9 heteroatoms. The van der Waals surface area contributed by atoms with Crippen LogP contribution in [0.1, 0.15) is 18.1 Å². The van der Waals surface area contributed by atoms with E-state index in [4.69, 9.17) is 23.8 Å². The monoisotopic (exact) mass is 418 g/mol. The van der Waals surface area contributed by atoms with Crippen LogP contribution in [0.25, 0.3) is 11.0 Å². The molecule has 1 aromatic heterocycles. The maximum atomic E-state index is 12.7. The van der Waals surface area contributed by atoms with Crippen LogP contribution in [-0.2, 0) is 20.7 Å². The van der Waals surface area contributed by atoms with Gasteiger partial charge < -0.3 is 29.2 Å². The molecule has 2 aliphatic rings. The van der Waals surface area contributed by atoms with Crippen LogP contribution in [0.3, 0.4) is 0 Å². The third-order valence-electron chi connectivity index (χ3n) is 5.28. The van der Waals surface area contributed by atoms with Crippen LogP contribution in [0.2, 0.25) is 0 Å². The van der Waals surface area contributed by atoms with Gasteiger partial charge in [0, 0.05) is 38.0 Å². The predicted molar refractivity (Wildman–Crippen MR) is 109 cm³/mol. The number of ether oxygens (including phenoxy) is 2. The van der Waals surface area contributed by atoms with E-state index in [1.54, 1.807) is 18.1 Å². The molecule has 9 nitrogen and oxygen atoms in total. The van der Waals surface area contributed by atoms with Crippen molar-refractivity contribution in [2.75, 3.05) is 33.4 Å². The minimum absolute atomic E-state index is 0.0364. The van der Waals surface area contributed by atoms with Gasteiger partial charge in [-0.1, -0.05) is 0 Å². The Balaban J connectivity index is 0.000000589. The largest absolute Gasteiger partial charge is 0.497 e. The summed E-state index contributed by atoms with van der Waals surface area (Å²) in [6.45, 7) is 5.58. The highest BCUT2D eigenvalue weighted by Crippen LogP contribution is 2.25. The van der Waals surface area contributed by atoms with E-state index in [9.17, 15) is 9.59 Å². The summed E-state index contributed by atoms with van der Waals surface area (Å²) in [4.78, 5) is 35.9. The number of carbonyl (C=O) groups is 2. The van der Waals surface area contributed by atoms with Gasteiger partial charge in [0.1, 0.15) is 11.3 Å². The average molecular weight is 418 g/mol. The second kappa shape index (κ2) is 9.27. The second-order valence-electron chi connectivity index (χ2n) is 7.32. The molecule has 30 heavy (non-hydrogen) atoms. The number of methoxy groups -OCH3 is 1. The molecule has 0 bridgehead atoms. The second-order valence-corrected chi connectivity index (χ2v) is 7.32. The Morgan fingerprint density at radius 2 is 2.07 bits per heavy atom. The Hall–Kier alpha value is -2.91. The first-order valence-electron chi connectivity index (χ1n) is 9.72. The van der Waals surface area contributed by atoms with E-state index in [1.165, 1.54) is 0 Å².